The van der Waals surface area contributed by atoms with E-state index in [0.717, 1.165) is 25.2 Å². The third-order valence-corrected chi connectivity index (χ3v) is 6.17. The predicted octanol–water partition coefficient (Wildman–Crippen LogP) is 4.21. The zero-order valence-corrected chi connectivity index (χ0v) is 16.4. The first-order valence-corrected chi connectivity index (χ1v) is 9.82. The zero-order valence-electron chi connectivity index (χ0n) is 15.6. The van der Waals surface area contributed by atoms with E-state index in [9.17, 15) is 0 Å². The highest BCUT2D eigenvalue weighted by molar-refractivity contribution is 6.29. The van der Waals surface area contributed by atoms with Crippen molar-refractivity contribution in [1.29, 1.82) is 0 Å². The molecule has 2 aliphatic rings. The minimum atomic E-state index is 0.456. The van der Waals surface area contributed by atoms with Gasteiger partial charge in [-0.15, -0.1) is 0 Å². The average Bonchev–Trinajstić information content (AvgIpc) is 2.99. The van der Waals surface area contributed by atoms with E-state index in [1.54, 1.807) is 6.20 Å². The van der Waals surface area contributed by atoms with Crippen LogP contribution in [0.2, 0.25) is 5.15 Å². The molecule has 138 valence electrons. The molecular weight excluding hydrogens is 356 g/mol. The van der Waals surface area contributed by atoms with Gasteiger partial charge >= 0.3 is 0 Å². The van der Waals surface area contributed by atoms with Crippen molar-refractivity contribution in [2.45, 2.75) is 12.5 Å². The second kappa shape index (κ2) is 6.39. The van der Waals surface area contributed by atoms with Crippen molar-refractivity contribution >= 4 is 33.8 Å². The molecule has 2 atom stereocenters. The van der Waals surface area contributed by atoms with Crippen molar-refractivity contribution in [2.24, 2.45) is 13.0 Å². The number of fused-ring (bicyclic) bond motifs is 2. The molecule has 27 heavy (non-hydrogen) atoms. The van der Waals surface area contributed by atoms with Crippen LogP contribution >= 0.6 is 11.6 Å². The Morgan fingerprint density at radius 1 is 1.22 bits per heavy atom. The number of nitrogens with zero attached hydrogens (tertiary/aromatic N) is 3. The molecule has 1 aliphatic heterocycles. The van der Waals surface area contributed by atoms with E-state index >= 15 is 0 Å². The fourth-order valence-electron chi connectivity index (χ4n) is 4.68. The Labute approximate surface area is 164 Å². The molecule has 1 aliphatic carbocycles. The van der Waals surface area contributed by atoms with E-state index < -0.39 is 0 Å². The molecule has 0 unspecified atom stereocenters. The molecule has 3 heterocycles. The van der Waals surface area contributed by atoms with Crippen LogP contribution < -0.4 is 5.32 Å². The van der Waals surface area contributed by atoms with Crippen LogP contribution in [0.1, 0.15) is 11.1 Å². The average molecular weight is 379 g/mol. The van der Waals surface area contributed by atoms with Crippen molar-refractivity contribution in [3.05, 3.63) is 65.1 Å². The number of benzene rings is 1. The highest BCUT2D eigenvalue weighted by Crippen LogP contribution is 2.41. The maximum atomic E-state index is 5.88. The molecule has 0 saturated heterocycles. The quantitative estimate of drug-likeness (QED) is 0.693. The number of aromatic nitrogens is 2. The van der Waals surface area contributed by atoms with Gasteiger partial charge in [0.15, 0.2) is 0 Å². The fourth-order valence-corrected chi connectivity index (χ4v) is 4.79. The zero-order chi connectivity index (χ0) is 18.5. The summed E-state index contributed by atoms with van der Waals surface area (Å²) >= 11 is 5.88. The summed E-state index contributed by atoms with van der Waals surface area (Å²) in [5.41, 5.74) is 6.70. The van der Waals surface area contributed by atoms with Gasteiger partial charge in [-0.1, -0.05) is 29.8 Å². The Hall–Kier alpha value is -2.30. The lowest BCUT2D eigenvalue weighted by atomic mass is 9.80. The Morgan fingerprint density at radius 2 is 2.11 bits per heavy atom. The van der Waals surface area contributed by atoms with E-state index in [1.165, 1.54) is 27.6 Å². The Morgan fingerprint density at radius 3 is 2.93 bits per heavy atom. The lowest BCUT2D eigenvalue weighted by molar-refractivity contribution is 0.249. The largest absolute Gasteiger partial charge is 0.383 e. The van der Waals surface area contributed by atoms with E-state index in [0.29, 0.717) is 17.1 Å². The fraction of sp³-hybridized carbons (Fsp3) is 0.318. The number of hydrogen-bond acceptors (Lipinski definition) is 3. The monoisotopic (exact) mass is 378 g/mol. The number of hydrogen-bond donors (Lipinski definition) is 1. The van der Waals surface area contributed by atoms with Crippen molar-refractivity contribution in [3.63, 3.8) is 0 Å². The van der Waals surface area contributed by atoms with Gasteiger partial charge in [0.25, 0.3) is 0 Å². The van der Waals surface area contributed by atoms with Gasteiger partial charge in [-0.3, -0.25) is 4.90 Å². The lowest BCUT2D eigenvalue weighted by Crippen LogP contribution is -2.43. The highest BCUT2D eigenvalue weighted by atomic mass is 35.5. The number of anilines is 1. The maximum Gasteiger partial charge on any atom is 0.129 e. The van der Waals surface area contributed by atoms with Crippen LogP contribution in [0.3, 0.4) is 0 Å². The first kappa shape index (κ1) is 16.8. The number of rotatable bonds is 3. The minimum absolute atomic E-state index is 0.456. The van der Waals surface area contributed by atoms with Gasteiger partial charge < -0.3 is 9.88 Å². The number of likely N-dealkylation sites (N-methyl/N-ethyl adjacent to an activating group) is 1. The first-order valence-electron chi connectivity index (χ1n) is 9.45. The molecule has 0 fully saturated rings. The molecule has 2 aromatic heterocycles. The summed E-state index contributed by atoms with van der Waals surface area (Å²) in [6.45, 7) is 1.95. The van der Waals surface area contributed by atoms with Crippen molar-refractivity contribution < 1.29 is 0 Å². The van der Waals surface area contributed by atoms with Gasteiger partial charge in [0.2, 0.25) is 0 Å². The Balaban J connectivity index is 1.47. The van der Waals surface area contributed by atoms with E-state index in [4.69, 9.17) is 11.6 Å². The normalized spacial score (nSPS) is 21.8. The van der Waals surface area contributed by atoms with E-state index in [1.807, 2.05) is 12.1 Å². The molecule has 0 amide bonds. The van der Waals surface area contributed by atoms with Gasteiger partial charge in [0, 0.05) is 49.2 Å². The summed E-state index contributed by atoms with van der Waals surface area (Å²) in [4.78, 5) is 6.66. The van der Waals surface area contributed by atoms with Gasteiger partial charge in [0.1, 0.15) is 5.15 Å². The van der Waals surface area contributed by atoms with Crippen LogP contribution in [0.5, 0.6) is 0 Å². The van der Waals surface area contributed by atoms with Crippen molar-refractivity contribution in [2.75, 3.05) is 25.5 Å². The molecule has 4 nitrogen and oxygen atoms in total. The second-order valence-electron chi connectivity index (χ2n) is 7.76. The van der Waals surface area contributed by atoms with Gasteiger partial charge in [-0.25, -0.2) is 4.98 Å². The van der Waals surface area contributed by atoms with E-state index in [2.05, 4.69) is 64.3 Å². The summed E-state index contributed by atoms with van der Waals surface area (Å²) in [7, 11) is 4.40. The van der Waals surface area contributed by atoms with Crippen molar-refractivity contribution in [1.82, 2.24) is 14.5 Å². The molecular formula is C22H23ClN4. The lowest BCUT2D eigenvalue weighted by Gasteiger charge is -2.40. The van der Waals surface area contributed by atoms with E-state index in [-0.39, 0.29) is 0 Å². The Bertz CT molecular complexity index is 1030. The molecule has 0 radical (unpaired) electrons. The SMILES string of the molecule is CN1C[C@H](CNc2ccc(Cl)nc2)C=C2c3cccc4c3c(cn4C)C[C@H]21. The molecule has 0 saturated carbocycles. The predicted molar refractivity (Wildman–Crippen MR) is 112 cm³/mol. The third-order valence-electron chi connectivity index (χ3n) is 5.94. The Kier molecular flexibility index (Phi) is 3.99. The summed E-state index contributed by atoms with van der Waals surface area (Å²) in [5, 5.41) is 5.47. The third kappa shape index (κ3) is 2.84. The number of pyridine rings is 1. The van der Waals surface area contributed by atoms with Gasteiger partial charge in [-0.05, 0) is 48.4 Å². The molecule has 0 bridgehead atoms. The van der Waals surface area contributed by atoms with Crippen LogP contribution in [-0.4, -0.2) is 40.6 Å². The number of halogens is 1. The molecule has 1 aromatic carbocycles. The number of nitrogens with one attached hydrogen (secondary N) is 1. The van der Waals surface area contributed by atoms with Crippen LogP contribution in [0.25, 0.3) is 16.5 Å². The molecule has 5 rings (SSSR count). The summed E-state index contributed by atoms with van der Waals surface area (Å²) in [5.74, 6) is 0.456. The summed E-state index contributed by atoms with van der Waals surface area (Å²) in [6, 6.07) is 11.0. The molecule has 1 N–H and O–H groups in total. The van der Waals surface area contributed by atoms with Crippen LogP contribution in [-0.2, 0) is 13.5 Å². The molecule has 5 heteroatoms. The highest BCUT2D eigenvalue weighted by Gasteiger charge is 2.33. The maximum absolute atomic E-state index is 5.88. The molecule has 0 spiro atoms. The topological polar surface area (TPSA) is 33.1 Å². The van der Waals surface area contributed by atoms with Crippen LogP contribution in [0, 0.1) is 5.92 Å². The summed E-state index contributed by atoms with van der Waals surface area (Å²) in [6.07, 6.45) is 7.69. The summed E-state index contributed by atoms with van der Waals surface area (Å²) < 4.78 is 2.26. The first-order chi connectivity index (χ1) is 13.1. The standard InChI is InChI=1S/C22H23ClN4/c1-26-12-14(10-24-16-6-7-21(23)25-11-16)8-18-17-4-3-5-19-22(17)15(9-20(18)26)13-27(19)2/h3-8,11,13-14,20,24H,9-10,12H2,1-2H3/t14-,20+/m0/s1. The second-order valence-corrected chi connectivity index (χ2v) is 8.14. The minimum Gasteiger partial charge on any atom is -0.383 e. The molecule has 3 aromatic rings. The van der Waals surface area contributed by atoms with Crippen LogP contribution in [0.15, 0.2) is 48.8 Å². The van der Waals surface area contributed by atoms with Crippen LogP contribution in [0.4, 0.5) is 5.69 Å². The van der Waals surface area contributed by atoms with Gasteiger partial charge in [0.05, 0.1) is 11.9 Å². The number of aryl methyl sites for hydroxylation is 1. The van der Waals surface area contributed by atoms with Crippen molar-refractivity contribution in [3.8, 4) is 0 Å². The van der Waals surface area contributed by atoms with Gasteiger partial charge in [-0.2, -0.15) is 0 Å². The smallest absolute Gasteiger partial charge is 0.129 e.